The second kappa shape index (κ2) is 10.2. The summed E-state index contributed by atoms with van der Waals surface area (Å²) in [5.74, 6) is -3.79. The van der Waals surface area contributed by atoms with Crippen LogP contribution in [0.3, 0.4) is 0 Å². The van der Waals surface area contributed by atoms with E-state index in [1.165, 1.54) is 20.8 Å². The number of carboxylic acid groups (broad SMARTS) is 3. The van der Waals surface area contributed by atoms with Crippen molar-refractivity contribution in [2.24, 2.45) is 0 Å². The van der Waals surface area contributed by atoms with Gasteiger partial charge in [0.1, 0.15) is 18.1 Å². The molecule has 3 atom stereocenters. The van der Waals surface area contributed by atoms with Crippen molar-refractivity contribution in [1.82, 2.24) is 4.90 Å². The van der Waals surface area contributed by atoms with E-state index in [1.807, 2.05) is 0 Å². The zero-order chi connectivity index (χ0) is 13.0. The van der Waals surface area contributed by atoms with Gasteiger partial charge in [0, 0.05) is 0 Å². The summed E-state index contributed by atoms with van der Waals surface area (Å²) in [5.41, 5.74) is 0. The average Bonchev–Trinajstić information content (AvgIpc) is 2.16. The van der Waals surface area contributed by atoms with Crippen LogP contribution in [0.2, 0.25) is 0 Å². The predicted molar refractivity (Wildman–Crippen MR) is 67.4 cm³/mol. The number of hydrogen-bond donors (Lipinski definition) is 3. The Morgan fingerprint density at radius 2 is 0.889 bits per heavy atom. The van der Waals surface area contributed by atoms with Crippen LogP contribution >= 0.6 is 0 Å². The SMILES string of the molecule is CC(C(=O)O)N(C(C)C(=O)O)C(C)C(=O)O.[NaH].[NaH]. The van der Waals surface area contributed by atoms with Crippen molar-refractivity contribution in [3.8, 4) is 0 Å². The molecule has 0 aromatic carbocycles. The summed E-state index contributed by atoms with van der Waals surface area (Å²) in [4.78, 5) is 33.2. The van der Waals surface area contributed by atoms with E-state index < -0.39 is 36.0 Å². The van der Waals surface area contributed by atoms with Gasteiger partial charge in [-0.15, -0.1) is 0 Å². The quantitative estimate of drug-likeness (QED) is 0.503. The van der Waals surface area contributed by atoms with E-state index in [-0.39, 0.29) is 59.1 Å². The van der Waals surface area contributed by atoms with Crippen LogP contribution in [0.15, 0.2) is 0 Å². The van der Waals surface area contributed by atoms with Crippen molar-refractivity contribution >= 4 is 77.0 Å². The minimum atomic E-state index is -1.26. The van der Waals surface area contributed by atoms with Gasteiger partial charge < -0.3 is 15.3 Å². The van der Waals surface area contributed by atoms with Gasteiger partial charge in [0.25, 0.3) is 0 Å². The van der Waals surface area contributed by atoms with Gasteiger partial charge >= 0.3 is 77.0 Å². The number of aliphatic carboxylic acids is 3. The van der Waals surface area contributed by atoms with Crippen LogP contribution in [0.1, 0.15) is 20.8 Å². The molecule has 7 nitrogen and oxygen atoms in total. The summed E-state index contributed by atoms with van der Waals surface area (Å²) in [6.07, 6.45) is 0. The summed E-state index contributed by atoms with van der Waals surface area (Å²) in [7, 11) is 0. The van der Waals surface area contributed by atoms with E-state index in [0.717, 1.165) is 4.90 Å². The molecule has 0 aliphatic heterocycles. The first-order valence-electron chi connectivity index (χ1n) is 4.66. The van der Waals surface area contributed by atoms with Crippen molar-refractivity contribution < 1.29 is 29.7 Å². The van der Waals surface area contributed by atoms with Crippen LogP contribution in [-0.2, 0) is 14.4 Å². The zero-order valence-corrected chi connectivity index (χ0v) is 9.25. The molecule has 3 N–H and O–H groups in total. The predicted octanol–water partition coefficient (Wildman–Crippen LogP) is -1.59. The van der Waals surface area contributed by atoms with Crippen LogP contribution < -0.4 is 0 Å². The molecule has 0 heterocycles. The van der Waals surface area contributed by atoms with Crippen molar-refractivity contribution in [2.45, 2.75) is 38.9 Å². The molecule has 0 saturated heterocycles. The molecule has 0 bridgehead atoms. The fourth-order valence-corrected chi connectivity index (χ4v) is 1.39. The molecule has 0 rings (SSSR count). The molecule has 0 aromatic heterocycles. The Kier molecular flexibility index (Phi) is 13.3. The van der Waals surface area contributed by atoms with Crippen molar-refractivity contribution in [1.29, 1.82) is 0 Å². The number of nitrogens with zero attached hydrogens (tertiary/aromatic N) is 1. The third kappa shape index (κ3) is 6.51. The molecule has 9 heteroatoms. The number of carboxylic acids is 3. The molecule has 0 fully saturated rings. The van der Waals surface area contributed by atoms with Crippen LogP contribution in [0, 0.1) is 0 Å². The van der Waals surface area contributed by atoms with Gasteiger partial charge in [0.05, 0.1) is 0 Å². The molecule has 18 heavy (non-hydrogen) atoms. The number of carbonyl (C=O) groups is 3. The fourth-order valence-electron chi connectivity index (χ4n) is 1.39. The van der Waals surface area contributed by atoms with Gasteiger partial charge in [0.15, 0.2) is 0 Å². The van der Waals surface area contributed by atoms with Gasteiger partial charge in [-0.3, -0.25) is 19.3 Å². The fraction of sp³-hybridized carbons (Fsp3) is 0.667. The molecular formula is C9H17NNa2O6. The summed E-state index contributed by atoms with van der Waals surface area (Å²) in [5, 5.41) is 26.4. The van der Waals surface area contributed by atoms with E-state index in [1.54, 1.807) is 0 Å². The van der Waals surface area contributed by atoms with E-state index in [9.17, 15) is 14.4 Å². The molecule has 96 valence electrons. The summed E-state index contributed by atoms with van der Waals surface area (Å²) < 4.78 is 0. The average molecular weight is 281 g/mol. The Morgan fingerprint density at radius 1 is 0.722 bits per heavy atom. The molecule has 0 aromatic rings. The Morgan fingerprint density at radius 3 is 1.00 bits per heavy atom. The van der Waals surface area contributed by atoms with E-state index in [2.05, 4.69) is 0 Å². The maximum atomic E-state index is 10.8. The Balaban J connectivity index is -0.00000112. The maximum absolute atomic E-state index is 10.8. The third-order valence-corrected chi connectivity index (χ3v) is 2.41. The van der Waals surface area contributed by atoms with Crippen LogP contribution in [0.4, 0.5) is 0 Å². The van der Waals surface area contributed by atoms with Crippen LogP contribution in [0.5, 0.6) is 0 Å². The van der Waals surface area contributed by atoms with E-state index in [4.69, 9.17) is 15.3 Å². The molecule has 0 aliphatic carbocycles. The minimum absolute atomic E-state index is 0. The normalized spacial score (nSPS) is 14.7. The Hall–Kier alpha value is 0.370. The second-order valence-corrected chi connectivity index (χ2v) is 3.49. The Bertz CT molecular complexity index is 264. The van der Waals surface area contributed by atoms with Crippen LogP contribution in [0.25, 0.3) is 0 Å². The van der Waals surface area contributed by atoms with Crippen molar-refractivity contribution in [2.75, 3.05) is 0 Å². The number of hydrogen-bond acceptors (Lipinski definition) is 4. The van der Waals surface area contributed by atoms with Crippen molar-refractivity contribution in [3.63, 3.8) is 0 Å². The zero-order valence-electron chi connectivity index (χ0n) is 9.25. The van der Waals surface area contributed by atoms with Gasteiger partial charge in [-0.2, -0.15) is 0 Å². The standard InChI is InChI=1S/C9H15NO6.2Na.2H/c1-4(7(11)12)10(5(2)8(13)14)6(3)9(15)16;;;;/h4-6H,1-3H3,(H,11,12)(H,13,14)(H,15,16);;;;. The molecule has 3 unspecified atom stereocenters. The summed E-state index contributed by atoms with van der Waals surface area (Å²) >= 11 is 0. The summed E-state index contributed by atoms with van der Waals surface area (Å²) in [6, 6.07) is -3.55. The molecule has 0 aliphatic rings. The van der Waals surface area contributed by atoms with Crippen molar-refractivity contribution in [3.05, 3.63) is 0 Å². The van der Waals surface area contributed by atoms with Gasteiger partial charge in [0.2, 0.25) is 0 Å². The first kappa shape index (κ1) is 23.5. The molecular weight excluding hydrogens is 264 g/mol. The van der Waals surface area contributed by atoms with E-state index in [0.29, 0.717) is 0 Å². The molecule has 0 saturated carbocycles. The number of rotatable bonds is 6. The van der Waals surface area contributed by atoms with Gasteiger partial charge in [-0.05, 0) is 20.8 Å². The molecule has 0 amide bonds. The topological polar surface area (TPSA) is 115 Å². The van der Waals surface area contributed by atoms with Gasteiger partial charge in [-0.1, -0.05) is 0 Å². The third-order valence-electron chi connectivity index (χ3n) is 2.41. The second-order valence-electron chi connectivity index (χ2n) is 3.49. The first-order chi connectivity index (χ1) is 7.20. The van der Waals surface area contributed by atoms with Crippen LogP contribution in [-0.4, -0.2) is 115 Å². The van der Waals surface area contributed by atoms with E-state index >= 15 is 0 Å². The molecule has 0 spiro atoms. The summed E-state index contributed by atoms with van der Waals surface area (Å²) in [6.45, 7) is 3.75. The Labute approximate surface area is 149 Å². The molecule has 0 radical (unpaired) electrons. The first-order valence-corrected chi connectivity index (χ1v) is 4.66. The monoisotopic (exact) mass is 281 g/mol. The van der Waals surface area contributed by atoms with Gasteiger partial charge in [-0.25, -0.2) is 0 Å².